The van der Waals surface area contributed by atoms with Crippen molar-refractivity contribution in [2.75, 3.05) is 18.5 Å². The summed E-state index contributed by atoms with van der Waals surface area (Å²) in [6.07, 6.45) is 1.43. The molecule has 0 spiro atoms. The number of anilines is 1. The van der Waals surface area contributed by atoms with Crippen LogP contribution >= 0.6 is 0 Å². The normalized spacial score (nSPS) is 16.8. The second kappa shape index (κ2) is 6.55. The molecule has 0 unspecified atom stereocenters. The van der Waals surface area contributed by atoms with Crippen molar-refractivity contribution >= 4 is 11.6 Å². The number of nitrogens with one attached hydrogen (secondary N) is 1. The maximum atomic E-state index is 13.1. The molecule has 120 valence electrons. The number of hydrogen-bond acceptors (Lipinski definition) is 2. The van der Waals surface area contributed by atoms with Crippen molar-refractivity contribution in [2.24, 2.45) is 0 Å². The Balaban J connectivity index is 1.90. The van der Waals surface area contributed by atoms with Crippen LogP contribution in [0, 0.1) is 13.8 Å². The third-order valence-corrected chi connectivity index (χ3v) is 4.87. The van der Waals surface area contributed by atoms with E-state index in [9.17, 15) is 4.79 Å². The molecule has 1 aliphatic rings. The summed E-state index contributed by atoms with van der Waals surface area (Å²) in [5.41, 5.74) is 3.85. The van der Waals surface area contributed by atoms with Crippen LogP contribution in [0.25, 0.3) is 0 Å². The Bertz CT molecular complexity index is 688. The number of ether oxygens (including phenoxy) is 1. The molecular formula is C20H23NO2. The van der Waals surface area contributed by atoms with E-state index < -0.39 is 5.41 Å². The maximum Gasteiger partial charge on any atom is 0.235 e. The summed E-state index contributed by atoms with van der Waals surface area (Å²) in [4.78, 5) is 13.1. The molecule has 1 amide bonds. The highest BCUT2D eigenvalue weighted by Crippen LogP contribution is 2.36. The monoisotopic (exact) mass is 309 g/mol. The van der Waals surface area contributed by atoms with E-state index in [1.165, 1.54) is 11.1 Å². The molecule has 0 radical (unpaired) electrons. The Morgan fingerprint density at radius 1 is 1.00 bits per heavy atom. The lowest BCUT2D eigenvalue weighted by molar-refractivity contribution is -0.125. The molecule has 0 saturated carbocycles. The Hall–Kier alpha value is -2.13. The summed E-state index contributed by atoms with van der Waals surface area (Å²) >= 11 is 0. The first-order valence-corrected chi connectivity index (χ1v) is 8.14. The Labute approximate surface area is 137 Å². The number of hydrogen-bond donors (Lipinski definition) is 1. The van der Waals surface area contributed by atoms with Crippen LogP contribution in [-0.2, 0) is 14.9 Å². The molecule has 3 rings (SSSR count). The lowest BCUT2D eigenvalue weighted by Gasteiger charge is -2.36. The summed E-state index contributed by atoms with van der Waals surface area (Å²) in [7, 11) is 0. The number of carbonyl (C=O) groups is 1. The van der Waals surface area contributed by atoms with Crippen molar-refractivity contribution in [3.8, 4) is 0 Å². The molecule has 3 nitrogen and oxygen atoms in total. The van der Waals surface area contributed by atoms with Gasteiger partial charge in [0.05, 0.1) is 5.41 Å². The first kappa shape index (κ1) is 15.8. The molecule has 0 bridgehead atoms. The zero-order chi connectivity index (χ0) is 16.3. The Kier molecular flexibility index (Phi) is 4.49. The van der Waals surface area contributed by atoms with E-state index in [1.54, 1.807) is 0 Å². The molecule has 23 heavy (non-hydrogen) atoms. The van der Waals surface area contributed by atoms with Gasteiger partial charge in [0, 0.05) is 18.9 Å². The third-order valence-electron chi connectivity index (χ3n) is 4.87. The largest absolute Gasteiger partial charge is 0.381 e. The second-order valence-electron chi connectivity index (χ2n) is 6.31. The van der Waals surface area contributed by atoms with Crippen molar-refractivity contribution in [3.05, 3.63) is 65.2 Å². The number of rotatable bonds is 3. The van der Waals surface area contributed by atoms with Crippen molar-refractivity contribution < 1.29 is 9.53 Å². The van der Waals surface area contributed by atoms with E-state index in [1.807, 2.05) is 48.5 Å². The fourth-order valence-electron chi connectivity index (χ4n) is 3.19. The van der Waals surface area contributed by atoms with E-state index in [-0.39, 0.29) is 5.91 Å². The zero-order valence-corrected chi connectivity index (χ0v) is 13.8. The van der Waals surface area contributed by atoms with Gasteiger partial charge in [-0.15, -0.1) is 0 Å². The van der Waals surface area contributed by atoms with Gasteiger partial charge in [-0.05, 0) is 55.5 Å². The van der Waals surface area contributed by atoms with Gasteiger partial charge in [-0.25, -0.2) is 0 Å². The average Bonchev–Trinajstić information content (AvgIpc) is 2.59. The SMILES string of the molecule is Cc1ccc(NC(=O)C2(c3ccccc3)CCOCC2)cc1C. The predicted molar refractivity (Wildman–Crippen MR) is 92.7 cm³/mol. The molecule has 0 atom stereocenters. The average molecular weight is 309 g/mol. The number of benzene rings is 2. The lowest BCUT2D eigenvalue weighted by atomic mass is 9.73. The van der Waals surface area contributed by atoms with Gasteiger partial charge < -0.3 is 10.1 Å². The molecule has 0 aliphatic carbocycles. The molecule has 2 aromatic carbocycles. The molecule has 1 heterocycles. The van der Waals surface area contributed by atoms with Crippen LogP contribution in [0.5, 0.6) is 0 Å². The number of carbonyl (C=O) groups excluding carboxylic acids is 1. The van der Waals surface area contributed by atoms with Crippen LogP contribution in [0.4, 0.5) is 5.69 Å². The van der Waals surface area contributed by atoms with Crippen LogP contribution in [0.3, 0.4) is 0 Å². The van der Waals surface area contributed by atoms with Crippen LogP contribution in [0.15, 0.2) is 48.5 Å². The molecule has 1 fully saturated rings. The molecule has 2 aromatic rings. The number of amides is 1. The van der Waals surface area contributed by atoms with Crippen molar-refractivity contribution in [2.45, 2.75) is 32.1 Å². The molecule has 3 heteroatoms. The van der Waals surface area contributed by atoms with Crippen molar-refractivity contribution in [3.63, 3.8) is 0 Å². The summed E-state index contributed by atoms with van der Waals surface area (Å²) in [6, 6.07) is 16.1. The maximum absolute atomic E-state index is 13.1. The predicted octanol–water partition coefficient (Wildman–Crippen LogP) is 3.99. The minimum Gasteiger partial charge on any atom is -0.381 e. The second-order valence-corrected chi connectivity index (χ2v) is 6.31. The third kappa shape index (κ3) is 3.15. The molecule has 1 N–H and O–H groups in total. The molecular weight excluding hydrogens is 286 g/mol. The topological polar surface area (TPSA) is 38.3 Å². The minimum absolute atomic E-state index is 0.0650. The van der Waals surface area contributed by atoms with Gasteiger partial charge in [0.2, 0.25) is 5.91 Å². The summed E-state index contributed by atoms with van der Waals surface area (Å²) in [5, 5.41) is 3.12. The van der Waals surface area contributed by atoms with Crippen molar-refractivity contribution in [1.29, 1.82) is 0 Å². The van der Waals surface area contributed by atoms with Gasteiger partial charge >= 0.3 is 0 Å². The molecule has 0 aromatic heterocycles. The zero-order valence-electron chi connectivity index (χ0n) is 13.8. The molecule has 1 saturated heterocycles. The smallest absolute Gasteiger partial charge is 0.235 e. The van der Waals surface area contributed by atoms with Gasteiger partial charge in [0.25, 0.3) is 0 Å². The quantitative estimate of drug-likeness (QED) is 0.931. The van der Waals surface area contributed by atoms with Crippen LogP contribution < -0.4 is 5.32 Å². The van der Waals surface area contributed by atoms with Crippen molar-refractivity contribution in [1.82, 2.24) is 0 Å². The fraction of sp³-hybridized carbons (Fsp3) is 0.350. The van der Waals surface area contributed by atoms with Crippen LogP contribution in [0.1, 0.15) is 29.5 Å². The van der Waals surface area contributed by atoms with E-state index >= 15 is 0 Å². The van der Waals surface area contributed by atoms with Gasteiger partial charge in [0.15, 0.2) is 0 Å². The van der Waals surface area contributed by atoms with E-state index in [4.69, 9.17) is 4.74 Å². The summed E-state index contributed by atoms with van der Waals surface area (Å²) in [5.74, 6) is 0.0650. The highest BCUT2D eigenvalue weighted by Gasteiger charge is 2.41. The van der Waals surface area contributed by atoms with Crippen LogP contribution in [0.2, 0.25) is 0 Å². The fourth-order valence-corrected chi connectivity index (χ4v) is 3.19. The Morgan fingerprint density at radius 3 is 2.35 bits per heavy atom. The standard InChI is InChI=1S/C20H23NO2/c1-15-8-9-18(14-16(15)2)21-19(22)20(10-12-23-13-11-20)17-6-4-3-5-7-17/h3-9,14H,10-13H2,1-2H3,(H,21,22). The first-order chi connectivity index (χ1) is 11.1. The van der Waals surface area contributed by atoms with Gasteiger partial charge in [-0.2, -0.15) is 0 Å². The van der Waals surface area contributed by atoms with E-state index in [2.05, 4.69) is 19.2 Å². The summed E-state index contributed by atoms with van der Waals surface area (Å²) < 4.78 is 5.50. The summed E-state index contributed by atoms with van der Waals surface area (Å²) in [6.45, 7) is 5.38. The van der Waals surface area contributed by atoms with E-state index in [0.29, 0.717) is 26.1 Å². The van der Waals surface area contributed by atoms with Gasteiger partial charge in [0.1, 0.15) is 0 Å². The first-order valence-electron chi connectivity index (χ1n) is 8.14. The highest BCUT2D eigenvalue weighted by atomic mass is 16.5. The van der Waals surface area contributed by atoms with Gasteiger partial charge in [-0.3, -0.25) is 4.79 Å². The highest BCUT2D eigenvalue weighted by molar-refractivity contribution is 5.99. The van der Waals surface area contributed by atoms with E-state index in [0.717, 1.165) is 11.3 Å². The molecule has 1 aliphatic heterocycles. The Morgan fingerprint density at radius 2 is 1.70 bits per heavy atom. The van der Waals surface area contributed by atoms with Gasteiger partial charge in [-0.1, -0.05) is 36.4 Å². The lowest BCUT2D eigenvalue weighted by Crippen LogP contribution is -2.44. The van der Waals surface area contributed by atoms with Crippen LogP contribution in [-0.4, -0.2) is 19.1 Å². The number of aryl methyl sites for hydroxylation is 2. The minimum atomic E-state index is -0.502.